The fourth-order valence-electron chi connectivity index (χ4n) is 2.84. The molecule has 0 bridgehead atoms. The third-order valence-electron chi connectivity index (χ3n) is 4.63. The molecule has 1 heterocycles. The summed E-state index contributed by atoms with van der Waals surface area (Å²) in [5, 5.41) is 15.9. The normalized spacial score (nSPS) is 22.5. The molecule has 1 saturated carbocycles. The predicted molar refractivity (Wildman–Crippen MR) is 87.4 cm³/mol. The highest BCUT2D eigenvalue weighted by atomic mass is 35.5. The standard InChI is InChI=1S/C16H22ClN3O2/c17-12-1-3-14(4-2-12)20-8-5-13(9-20)19-15(22)18-10-16(11-21)6-7-16/h1-4,13,21H,5-11H2,(H2,18,19,22). The highest BCUT2D eigenvalue weighted by molar-refractivity contribution is 6.30. The Labute approximate surface area is 135 Å². The quantitative estimate of drug-likeness (QED) is 0.776. The average molecular weight is 324 g/mol. The molecule has 1 aliphatic carbocycles. The van der Waals surface area contributed by atoms with Crippen LogP contribution in [-0.4, -0.2) is 43.4 Å². The van der Waals surface area contributed by atoms with Gasteiger partial charge in [0.2, 0.25) is 0 Å². The summed E-state index contributed by atoms with van der Waals surface area (Å²) in [7, 11) is 0. The minimum Gasteiger partial charge on any atom is -0.396 e. The Kier molecular flexibility index (Phi) is 4.45. The number of carbonyl (C=O) groups is 1. The SMILES string of the molecule is O=C(NCC1(CO)CC1)NC1CCN(c2ccc(Cl)cc2)C1. The number of benzene rings is 1. The Morgan fingerprint density at radius 3 is 2.73 bits per heavy atom. The van der Waals surface area contributed by atoms with Crippen molar-refractivity contribution in [2.45, 2.75) is 25.3 Å². The molecule has 1 aromatic carbocycles. The van der Waals surface area contributed by atoms with E-state index in [4.69, 9.17) is 11.6 Å². The maximum absolute atomic E-state index is 11.9. The van der Waals surface area contributed by atoms with Gasteiger partial charge in [-0.15, -0.1) is 0 Å². The van der Waals surface area contributed by atoms with Crippen LogP contribution >= 0.6 is 11.6 Å². The molecule has 1 unspecified atom stereocenters. The monoisotopic (exact) mass is 323 g/mol. The van der Waals surface area contributed by atoms with Crippen molar-refractivity contribution in [1.82, 2.24) is 10.6 Å². The van der Waals surface area contributed by atoms with Crippen molar-refractivity contribution < 1.29 is 9.90 Å². The number of hydrogen-bond donors (Lipinski definition) is 3. The molecule has 1 aliphatic heterocycles. The molecular formula is C16H22ClN3O2. The summed E-state index contributed by atoms with van der Waals surface area (Å²) < 4.78 is 0. The van der Waals surface area contributed by atoms with Gasteiger partial charge >= 0.3 is 6.03 Å². The van der Waals surface area contributed by atoms with Crippen molar-refractivity contribution in [3.63, 3.8) is 0 Å². The third kappa shape index (κ3) is 3.65. The molecule has 1 aromatic rings. The Morgan fingerprint density at radius 1 is 1.36 bits per heavy atom. The Morgan fingerprint density at radius 2 is 2.09 bits per heavy atom. The maximum Gasteiger partial charge on any atom is 0.315 e. The summed E-state index contributed by atoms with van der Waals surface area (Å²) in [6.45, 7) is 2.44. The minimum atomic E-state index is -0.136. The number of aliphatic hydroxyl groups is 1. The van der Waals surface area contributed by atoms with Crippen molar-refractivity contribution in [3.8, 4) is 0 Å². The number of urea groups is 1. The van der Waals surface area contributed by atoms with Crippen molar-refractivity contribution in [2.75, 3.05) is 31.1 Å². The number of carbonyl (C=O) groups excluding carboxylic acids is 1. The summed E-state index contributed by atoms with van der Waals surface area (Å²) in [4.78, 5) is 14.2. The maximum atomic E-state index is 11.9. The van der Waals surface area contributed by atoms with E-state index in [1.807, 2.05) is 24.3 Å². The summed E-state index contributed by atoms with van der Waals surface area (Å²) in [6.07, 6.45) is 2.93. The summed E-state index contributed by atoms with van der Waals surface area (Å²) >= 11 is 5.90. The molecule has 3 N–H and O–H groups in total. The van der Waals surface area contributed by atoms with Gasteiger partial charge in [0.15, 0.2) is 0 Å². The number of rotatable bonds is 5. The first-order chi connectivity index (χ1) is 10.6. The van der Waals surface area contributed by atoms with Gasteiger partial charge in [0.25, 0.3) is 0 Å². The van der Waals surface area contributed by atoms with Gasteiger partial charge in [-0.3, -0.25) is 0 Å². The zero-order valence-corrected chi connectivity index (χ0v) is 13.3. The molecule has 3 rings (SSSR count). The molecule has 6 heteroatoms. The molecule has 2 aliphatic rings. The Bertz CT molecular complexity index is 531. The van der Waals surface area contributed by atoms with Gasteiger partial charge in [0, 0.05) is 41.8 Å². The minimum absolute atomic E-state index is 0.0532. The number of halogens is 1. The summed E-state index contributed by atoms with van der Waals surface area (Å²) in [6, 6.07) is 7.79. The fraction of sp³-hybridized carbons (Fsp3) is 0.562. The lowest BCUT2D eigenvalue weighted by molar-refractivity contribution is 0.202. The van der Waals surface area contributed by atoms with Gasteiger partial charge in [-0.2, -0.15) is 0 Å². The zero-order chi connectivity index (χ0) is 15.6. The number of aliphatic hydroxyl groups excluding tert-OH is 1. The highest BCUT2D eigenvalue weighted by Gasteiger charge is 2.42. The van der Waals surface area contributed by atoms with Crippen LogP contribution in [-0.2, 0) is 0 Å². The van der Waals surface area contributed by atoms with E-state index in [0.717, 1.165) is 43.1 Å². The first-order valence-corrected chi connectivity index (χ1v) is 8.14. The first kappa shape index (κ1) is 15.4. The Hall–Kier alpha value is -1.46. The number of nitrogens with zero attached hydrogens (tertiary/aromatic N) is 1. The number of hydrogen-bond acceptors (Lipinski definition) is 3. The van der Waals surface area contributed by atoms with Gasteiger partial charge in [0.1, 0.15) is 0 Å². The van der Waals surface area contributed by atoms with Gasteiger partial charge < -0.3 is 20.6 Å². The predicted octanol–water partition coefficient (Wildman–Crippen LogP) is 1.99. The van der Waals surface area contributed by atoms with Crippen LogP contribution in [0.15, 0.2) is 24.3 Å². The van der Waals surface area contributed by atoms with Crippen LogP contribution in [0.3, 0.4) is 0 Å². The smallest absolute Gasteiger partial charge is 0.315 e. The molecule has 0 radical (unpaired) electrons. The second kappa shape index (κ2) is 6.34. The van der Waals surface area contributed by atoms with E-state index in [2.05, 4.69) is 15.5 Å². The largest absolute Gasteiger partial charge is 0.396 e. The summed E-state index contributed by atoms with van der Waals surface area (Å²) in [5.74, 6) is 0. The molecule has 1 saturated heterocycles. The van der Waals surface area contributed by atoms with Crippen LogP contribution in [0.2, 0.25) is 5.02 Å². The van der Waals surface area contributed by atoms with Gasteiger partial charge in [-0.1, -0.05) is 11.6 Å². The topological polar surface area (TPSA) is 64.6 Å². The summed E-state index contributed by atoms with van der Waals surface area (Å²) in [5.41, 5.74) is 1.08. The highest BCUT2D eigenvalue weighted by Crippen LogP contribution is 2.44. The second-order valence-electron chi connectivity index (χ2n) is 6.39. The van der Waals surface area contributed by atoms with E-state index in [9.17, 15) is 9.90 Å². The molecule has 22 heavy (non-hydrogen) atoms. The van der Waals surface area contributed by atoms with Crippen molar-refractivity contribution >= 4 is 23.3 Å². The van der Waals surface area contributed by atoms with Crippen LogP contribution in [0.5, 0.6) is 0 Å². The molecule has 1 atom stereocenters. The van der Waals surface area contributed by atoms with Gasteiger partial charge in [-0.25, -0.2) is 4.79 Å². The van der Waals surface area contributed by atoms with E-state index in [1.54, 1.807) is 0 Å². The first-order valence-electron chi connectivity index (χ1n) is 7.76. The molecule has 120 valence electrons. The van der Waals surface area contributed by atoms with E-state index in [0.29, 0.717) is 6.54 Å². The second-order valence-corrected chi connectivity index (χ2v) is 6.83. The average Bonchev–Trinajstić information content (AvgIpc) is 3.17. The van der Waals surface area contributed by atoms with Gasteiger partial charge in [-0.05, 0) is 43.5 Å². The van der Waals surface area contributed by atoms with Crippen LogP contribution in [0, 0.1) is 5.41 Å². The van der Waals surface area contributed by atoms with Crippen molar-refractivity contribution in [3.05, 3.63) is 29.3 Å². The zero-order valence-electron chi connectivity index (χ0n) is 12.5. The number of nitrogens with one attached hydrogen (secondary N) is 2. The van der Waals surface area contributed by atoms with E-state index >= 15 is 0 Å². The van der Waals surface area contributed by atoms with Gasteiger partial charge in [0.05, 0.1) is 6.61 Å². The van der Waals surface area contributed by atoms with Crippen molar-refractivity contribution in [2.24, 2.45) is 5.41 Å². The van der Waals surface area contributed by atoms with Crippen LogP contribution in [0.4, 0.5) is 10.5 Å². The molecule has 2 amide bonds. The van der Waals surface area contributed by atoms with E-state index in [1.165, 1.54) is 0 Å². The van der Waals surface area contributed by atoms with E-state index in [-0.39, 0.29) is 24.1 Å². The molecule has 0 spiro atoms. The van der Waals surface area contributed by atoms with Crippen LogP contribution in [0.25, 0.3) is 0 Å². The number of amides is 2. The van der Waals surface area contributed by atoms with Crippen LogP contribution < -0.4 is 15.5 Å². The lowest BCUT2D eigenvalue weighted by atomic mass is 10.1. The van der Waals surface area contributed by atoms with Crippen LogP contribution in [0.1, 0.15) is 19.3 Å². The number of anilines is 1. The molecule has 5 nitrogen and oxygen atoms in total. The fourth-order valence-corrected chi connectivity index (χ4v) is 2.96. The lowest BCUT2D eigenvalue weighted by Crippen LogP contribution is -2.45. The lowest BCUT2D eigenvalue weighted by Gasteiger charge is -2.20. The van der Waals surface area contributed by atoms with E-state index < -0.39 is 0 Å². The molecule has 0 aromatic heterocycles. The third-order valence-corrected chi connectivity index (χ3v) is 4.88. The molecular weight excluding hydrogens is 302 g/mol. The molecule has 2 fully saturated rings. The Balaban J connectivity index is 1.44. The van der Waals surface area contributed by atoms with Crippen molar-refractivity contribution in [1.29, 1.82) is 0 Å².